The lowest BCUT2D eigenvalue weighted by atomic mass is 9.66. The average Bonchev–Trinajstić information content (AvgIpc) is 3.89. The Hall–Kier alpha value is -4.36. The summed E-state index contributed by atoms with van der Waals surface area (Å²) in [4.78, 5) is 2.67. The van der Waals surface area contributed by atoms with Gasteiger partial charge in [0, 0.05) is 33.7 Å². The molecule has 4 aromatic carbocycles. The van der Waals surface area contributed by atoms with Gasteiger partial charge in [0.1, 0.15) is 0 Å². The Balaban J connectivity index is 1.18. The Bertz CT molecular complexity index is 2130. The number of nitrogens with zero attached hydrogens (tertiary/aromatic N) is 1. The molecule has 0 amide bonds. The predicted molar refractivity (Wildman–Crippen MR) is 219 cm³/mol. The fourth-order valence-electron chi connectivity index (χ4n) is 11.6. The highest BCUT2D eigenvalue weighted by atomic mass is 15.2. The molecule has 5 atom stereocenters. The van der Waals surface area contributed by atoms with Crippen LogP contribution < -0.4 is 4.90 Å². The third-order valence-electron chi connectivity index (χ3n) is 14.4. The molecule has 10 rings (SSSR count). The maximum Gasteiger partial charge on any atom is 0.0540 e. The van der Waals surface area contributed by atoms with Crippen LogP contribution in [0.25, 0.3) is 22.3 Å². The van der Waals surface area contributed by atoms with E-state index in [1.807, 2.05) is 0 Å². The Morgan fingerprint density at radius 3 is 2.25 bits per heavy atom. The molecule has 0 N–H and O–H groups in total. The van der Waals surface area contributed by atoms with Crippen molar-refractivity contribution in [1.82, 2.24) is 0 Å². The van der Waals surface area contributed by atoms with Crippen molar-refractivity contribution in [3.63, 3.8) is 0 Å². The van der Waals surface area contributed by atoms with Crippen molar-refractivity contribution in [2.75, 3.05) is 4.90 Å². The van der Waals surface area contributed by atoms with Crippen molar-refractivity contribution in [2.45, 2.75) is 89.9 Å². The summed E-state index contributed by atoms with van der Waals surface area (Å²) in [5.41, 5.74) is 15.1. The maximum absolute atomic E-state index is 2.68. The van der Waals surface area contributed by atoms with Crippen LogP contribution in [0.5, 0.6) is 0 Å². The van der Waals surface area contributed by atoms with Gasteiger partial charge in [-0.3, -0.25) is 0 Å². The first-order valence-corrected chi connectivity index (χ1v) is 20.4. The minimum Gasteiger partial charge on any atom is -0.313 e. The Morgan fingerprint density at radius 1 is 0.692 bits per heavy atom. The Kier molecular flexibility index (Phi) is 7.68. The molecule has 6 aliphatic rings. The Labute approximate surface area is 311 Å². The smallest absolute Gasteiger partial charge is 0.0540 e. The van der Waals surface area contributed by atoms with Crippen molar-refractivity contribution >= 4 is 11.4 Å². The lowest BCUT2D eigenvalue weighted by Gasteiger charge is -2.44. The molecule has 0 aliphatic heterocycles. The van der Waals surface area contributed by atoms with Crippen molar-refractivity contribution in [3.8, 4) is 22.3 Å². The van der Waals surface area contributed by atoms with Gasteiger partial charge in [-0.15, -0.1) is 0 Å². The number of benzene rings is 4. The van der Waals surface area contributed by atoms with Crippen LogP contribution in [0.1, 0.15) is 101 Å². The van der Waals surface area contributed by atoms with E-state index in [4.69, 9.17) is 0 Å². The minimum absolute atomic E-state index is 0.0807. The molecule has 3 saturated carbocycles. The van der Waals surface area contributed by atoms with Gasteiger partial charge in [0.15, 0.2) is 0 Å². The van der Waals surface area contributed by atoms with Gasteiger partial charge in [0.05, 0.1) is 5.69 Å². The van der Waals surface area contributed by atoms with Crippen LogP contribution in [-0.2, 0) is 5.41 Å². The van der Waals surface area contributed by atoms with Crippen molar-refractivity contribution in [3.05, 3.63) is 155 Å². The van der Waals surface area contributed by atoms with E-state index in [1.54, 1.807) is 11.1 Å². The predicted octanol–water partition coefficient (Wildman–Crippen LogP) is 13.9. The summed E-state index contributed by atoms with van der Waals surface area (Å²) in [5, 5.41) is 0. The van der Waals surface area contributed by atoms with Gasteiger partial charge in [-0.1, -0.05) is 150 Å². The van der Waals surface area contributed by atoms with Crippen LogP contribution in [0.4, 0.5) is 11.4 Å². The second-order valence-electron chi connectivity index (χ2n) is 17.8. The quantitative estimate of drug-likeness (QED) is 0.196. The van der Waals surface area contributed by atoms with E-state index in [1.165, 1.54) is 108 Å². The summed E-state index contributed by atoms with van der Waals surface area (Å²) < 4.78 is 0. The molecule has 2 bridgehead atoms. The fraction of sp³-hybridized carbons (Fsp3) is 0.373. The van der Waals surface area contributed by atoms with Crippen LogP contribution >= 0.6 is 0 Å². The van der Waals surface area contributed by atoms with Crippen molar-refractivity contribution in [1.29, 1.82) is 0 Å². The highest BCUT2D eigenvalue weighted by Crippen LogP contribution is 2.58. The number of rotatable bonds is 6. The lowest BCUT2D eigenvalue weighted by molar-refractivity contribution is 0.385. The van der Waals surface area contributed by atoms with Gasteiger partial charge < -0.3 is 4.90 Å². The monoisotopic (exact) mass is 679 g/mol. The van der Waals surface area contributed by atoms with Crippen LogP contribution in [0.15, 0.2) is 139 Å². The summed E-state index contributed by atoms with van der Waals surface area (Å²) in [6.45, 7) is 7.32. The molecule has 0 heterocycles. The summed E-state index contributed by atoms with van der Waals surface area (Å²) >= 11 is 0. The standard InChI is InChI=1S/C51H53N/c1-50(2)44-18-11-10-17-41(44)42-26-27-47(48(49(42)50)37-15-8-5-9-16-37)52(40-24-22-36(23-25-40)43-32-34-20-21-39(43)31-34)46-19-12-29-51(3)30-28-38(33-45(46)51)35-13-6-4-7-14-35/h5,8-12,15-19,22-30,33-35,39,43,45H,4,6-7,13-14,20-21,31-32H2,1-3H3. The van der Waals surface area contributed by atoms with Gasteiger partial charge in [-0.05, 0) is 119 Å². The first-order valence-electron chi connectivity index (χ1n) is 20.4. The topological polar surface area (TPSA) is 3.24 Å². The van der Waals surface area contributed by atoms with Gasteiger partial charge in [-0.25, -0.2) is 0 Å². The van der Waals surface area contributed by atoms with E-state index in [-0.39, 0.29) is 16.7 Å². The molecular formula is C51H53N. The van der Waals surface area contributed by atoms with E-state index in [0.29, 0.717) is 5.92 Å². The molecule has 0 saturated heterocycles. The normalized spacial score (nSPS) is 28.2. The third kappa shape index (κ3) is 5.09. The fourth-order valence-corrected chi connectivity index (χ4v) is 11.6. The van der Waals surface area contributed by atoms with Crippen LogP contribution in [0.2, 0.25) is 0 Å². The molecule has 0 spiro atoms. The van der Waals surface area contributed by atoms with E-state index in [9.17, 15) is 0 Å². The van der Waals surface area contributed by atoms with Gasteiger partial charge >= 0.3 is 0 Å². The second-order valence-corrected chi connectivity index (χ2v) is 17.8. The van der Waals surface area contributed by atoms with Crippen molar-refractivity contribution in [2.24, 2.45) is 29.1 Å². The van der Waals surface area contributed by atoms with Gasteiger partial charge in [0.25, 0.3) is 0 Å². The van der Waals surface area contributed by atoms with Gasteiger partial charge in [-0.2, -0.15) is 0 Å². The SMILES string of the molecule is CC1(C)c2ccccc2-c2ccc(N(C3=CC=CC4(C)C=CC(C5CCCCC5)=CC34)c3ccc(C4CC5CCC4C5)cc3)c(-c3ccccc3)c21. The molecule has 4 aromatic rings. The summed E-state index contributed by atoms with van der Waals surface area (Å²) in [6, 6.07) is 35.1. The molecule has 262 valence electrons. The van der Waals surface area contributed by atoms with Crippen LogP contribution in [0, 0.1) is 29.1 Å². The zero-order valence-corrected chi connectivity index (χ0v) is 31.3. The number of fused-ring (bicyclic) bond motifs is 6. The summed E-state index contributed by atoms with van der Waals surface area (Å²) in [5.74, 6) is 3.47. The summed E-state index contributed by atoms with van der Waals surface area (Å²) in [7, 11) is 0. The highest BCUT2D eigenvalue weighted by molar-refractivity contribution is 5.96. The summed E-state index contributed by atoms with van der Waals surface area (Å²) in [6.07, 6.45) is 27.3. The lowest BCUT2D eigenvalue weighted by Crippen LogP contribution is -2.35. The zero-order chi connectivity index (χ0) is 35.0. The van der Waals surface area contributed by atoms with E-state index in [0.717, 1.165) is 17.8 Å². The van der Waals surface area contributed by atoms with Gasteiger partial charge in [0.2, 0.25) is 0 Å². The second kappa shape index (κ2) is 12.4. The molecule has 1 heteroatoms. The Morgan fingerprint density at radius 2 is 1.48 bits per heavy atom. The molecule has 6 aliphatic carbocycles. The highest BCUT2D eigenvalue weighted by Gasteiger charge is 2.43. The molecule has 1 nitrogen and oxygen atoms in total. The molecule has 3 fully saturated rings. The molecule has 5 unspecified atom stereocenters. The number of anilines is 2. The van der Waals surface area contributed by atoms with Crippen LogP contribution in [-0.4, -0.2) is 0 Å². The number of hydrogen-bond donors (Lipinski definition) is 0. The first kappa shape index (κ1) is 32.3. The largest absolute Gasteiger partial charge is 0.313 e. The van der Waals surface area contributed by atoms with Crippen molar-refractivity contribution < 1.29 is 0 Å². The molecule has 0 radical (unpaired) electrons. The van der Waals surface area contributed by atoms with Crippen LogP contribution in [0.3, 0.4) is 0 Å². The minimum atomic E-state index is -0.137. The van der Waals surface area contributed by atoms with E-state index < -0.39 is 0 Å². The molecular weight excluding hydrogens is 627 g/mol. The first-order chi connectivity index (χ1) is 25.4. The number of hydrogen-bond acceptors (Lipinski definition) is 1. The van der Waals surface area contributed by atoms with E-state index in [2.05, 4.69) is 153 Å². The third-order valence-corrected chi connectivity index (χ3v) is 14.4. The maximum atomic E-state index is 2.68. The average molecular weight is 680 g/mol. The molecule has 0 aromatic heterocycles. The zero-order valence-electron chi connectivity index (χ0n) is 31.3. The molecule has 52 heavy (non-hydrogen) atoms. The van der Waals surface area contributed by atoms with E-state index >= 15 is 0 Å². The number of allylic oxidation sites excluding steroid dienone is 7.